The highest BCUT2D eigenvalue weighted by Gasteiger charge is 2.05. The normalized spacial score (nSPS) is 12.2. The van der Waals surface area contributed by atoms with Crippen LogP contribution in [0.5, 0.6) is 0 Å². The van der Waals surface area contributed by atoms with Crippen molar-refractivity contribution in [2.45, 2.75) is 19.9 Å². The maximum atomic E-state index is 12.9. The van der Waals surface area contributed by atoms with Gasteiger partial charge in [0.05, 0.1) is 0 Å². The van der Waals surface area contributed by atoms with Gasteiger partial charge >= 0.3 is 0 Å². The second kappa shape index (κ2) is 4.95. The molecule has 2 rings (SSSR count). The molecule has 1 atom stereocenters. The summed E-state index contributed by atoms with van der Waals surface area (Å²) in [6, 6.07) is 11.6. The van der Waals surface area contributed by atoms with Crippen LogP contribution in [-0.2, 0) is 0 Å². The Hall–Kier alpha value is -1.90. The monoisotopic (exact) mass is 230 g/mol. The molecule has 0 saturated heterocycles. The van der Waals surface area contributed by atoms with Crippen LogP contribution in [0.2, 0.25) is 0 Å². The topological polar surface area (TPSA) is 24.9 Å². The Labute approximate surface area is 101 Å². The van der Waals surface area contributed by atoms with Crippen molar-refractivity contribution in [2.75, 3.05) is 5.32 Å². The highest BCUT2D eigenvalue weighted by molar-refractivity contribution is 5.44. The fourth-order valence-electron chi connectivity index (χ4n) is 1.68. The van der Waals surface area contributed by atoms with Crippen LogP contribution in [-0.4, -0.2) is 4.98 Å². The number of anilines is 1. The highest BCUT2D eigenvalue weighted by Crippen LogP contribution is 2.19. The van der Waals surface area contributed by atoms with Crippen LogP contribution in [0.4, 0.5) is 10.1 Å². The molecule has 1 unspecified atom stereocenters. The number of halogens is 1. The zero-order valence-corrected chi connectivity index (χ0v) is 9.94. The predicted octanol–water partition coefficient (Wildman–Crippen LogP) is 3.70. The van der Waals surface area contributed by atoms with Crippen LogP contribution in [0, 0.1) is 12.9 Å². The van der Waals surface area contributed by atoms with E-state index in [2.05, 4.69) is 41.5 Å². The number of nitrogens with one attached hydrogen (secondary N) is 1. The molecule has 88 valence electrons. The lowest BCUT2D eigenvalue weighted by atomic mass is 10.1. The van der Waals surface area contributed by atoms with Crippen LogP contribution in [0.25, 0.3) is 0 Å². The number of hydrogen-bond acceptors (Lipinski definition) is 2. The molecule has 0 amide bonds. The van der Waals surface area contributed by atoms with E-state index in [-0.39, 0.29) is 6.04 Å². The largest absolute Gasteiger partial charge is 0.378 e. The molecule has 0 aliphatic heterocycles. The van der Waals surface area contributed by atoms with E-state index in [1.165, 1.54) is 23.4 Å². The summed E-state index contributed by atoms with van der Waals surface area (Å²) in [4.78, 5) is 3.52. The van der Waals surface area contributed by atoms with Gasteiger partial charge in [0.2, 0.25) is 5.95 Å². The van der Waals surface area contributed by atoms with E-state index in [4.69, 9.17) is 0 Å². The van der Waals surface area contributed by atoms with Crippen molar-refractivity contribution in [1.82, 2.24) is 4.98 Å². The molecule has 17 heavy (non-hydrogen) atoms. The Bertz CT molecular complexity index is 494. The van der Waals surface area contributed by atoms with Gasteiger partial charge in [-0.25, -0.2) is 4.98 Å². The highest BCUT2D eigenvalue weighted by atomic mass is 19.1. The summed E-state index contributed by atoms with van der Waals surface area (Å²) < 4.78 is 12.9. The number of pyridine rings is 1. The summed E-state index contributed by atoms with van der Waals surface area (Å²) in [6.45, 7) is 4.10. The molecule has 2 nitrogen and oxygen atoms in total. The number of nitrogens with zero attached hydrogens (tertiary/aromatic N) is 1. The van der Waals surface area contributed by atoms with Gasteiger partial charge in [-0.2, -0.15) is 4.39 Å². The molecule has 1 N–H and O–H groups in total. The van der Waals surface area contributed by atoms with Gasteiger partial charge in [0.15, 0.2) is 0 Å². The fraction of sp³-hybridized carbons (Fsp3) is 0.214. The van der Waals surface area contributed by atoms with Crippen molar-refractivity contribution >= 4 is 5.69 Å². The second-order valence-electron chi connectivity index (χ2n) is 4.14. The van der Waals surface area contributed by atoms with E-state index < -0.39 is 5.95 Å². The van der Waals surface area contributed by atoms with E-state index in [1.54, 1.807) is 6.07 Å². The average Bonchev–Trinajstić information content (AvgIpc) is 2.29. The number of rotatable bonds is 3. The fourth-order valence-corrected chi connectivity index (χ4v) is 1.68. The summed E-state index contributed by atoms with van der Waals surface area (Å²) >= 11 is 0. The van der Waals surface area contributed by atoms with Gasteiger partial charge < -0.3 is 5.32 Å². The molecule has 1 aromatic carbocycles. The quantitative estimate of drug-likeness (QED) is 0.813. The van der Waals surface area contributed by atoms with Gasteiger partial charge in [-0.3, -0.25) is 0 Å². The third-order valence-electron chi connectivity index (χ3n) is 2.69. The number of aromatic nitrogens is 1. The van der Waals surface area contributed by atoms with Gasteiger partial charge in [-0.15, -0.1) is 0 Å². The van der Waals surface area contributed by atoms with Gasteiger partial charge in [0.1, 0.15) is 0 Å². The molecular formula is C14H15FN2. The van der Waals surface area contributed by atoms with Gasteiger partial charge in [0.25, 0.3) is 0 Å². The standard InChI is InChI=1S/C14H15FN2/c1-10-3-5-12(6-4-10)11(2)17-13-7-8-16-14(15)9-13/h3-9,11H,1-2H3,(H,16,17). The first kappa shape index (κ1) is 11.6. The molecule has 0 saturated carbocycles. The van der Waals surface area contributed by atoms with Gasteiger partial charge in [-0.05, 0) is 25.5 Å². The molecule has 1 heterocycles. The number of hydrogen-bond donors (Lipinski definition) is 1. The van der Waals surface area contributed by atoms with Crippen LogP contribution < -0.4 is 5.32 Å². The molecule has 0 fully saturated rings. The van der Waals surface area contributed by atoms with Gasteiger partial charge in [0, 0.05) is 24.0 Å². The Morgan fingerprint density at radius 3 is 2.53 bits per heavy atom. The molecule has 0 aliphatic rings. The molecule has 3 heteroatoms. The predicted molar refractivity (Wildman–Crippen MR) is 67.4 cm³/mol. The Morgan fingerprint density at radius 1 is 1.18 bits per heavy atom. The van der Waals surface area contributed by atoms with Gasteiger partial charge in [-0.1, -0.05) is 29.8 Å². The third-order valence-corrected chi connectivity index (χ3v) is 2.69. The maximum Gasteiger partial charge on any atom is 0.214 e. The second-order valence-corrected chi connectivity index (χ2v) is 4.14. The SMILES string of the molecule is Cc1ccc(C(C)Nc2ccnc(F)c2)cc1. The lowest BCUT2D eigenvalue weighted by Gasteiger charge is -2.15. The lowest BCUT2D eigenvalue weighted by Crippen LogP contribution is -2.06. The van der Waals surface area contributed by atoms with Crippen molar-refractivity contribution in [3.63, 3.8) is 0 Å². The maximum absolute atomic E-state index is 12.9. The minimum atomic E-state index is -0.467. The van der Waals surface area contributed by atoms with Crippen molar-refractivity contribution in [2.24, 2.45) is 0 Å². The first-order valence-corrected chi connectivity index (χ1v) is 5.60. The van der Waals surface area contributed by atoms with E-state index in [0.29, 0.717) is 0 Å². The van der Waals surface area contributed by atoms with Crippen molar-refractivity contribution in [3.8, 4) is 0 Å². The van der Waals surface area contributed by atoms with E-state index in [1.807, 2.05) is 6.92 Å². The van der Waals surface area contributed by atoms with Crippen LogP contribution in [0.3, 0.4) is 0 Å². The molecule has 1 aromatic heterocycles. The summed E-state index contributed by atoms with van der Waals surface area (Å²) in [7, 11) is 0. The molecule has 0 bridgehead atoms. The minimum absolute atomic E-state index is 0.136. The lowest BCUT2D eigenvalue weighted by molar-refractivity contribution is 0.584. The summed E-state index contributed by atoms with van der Waals surface area (Å²) in [6.07, 6.45) is 1.46. The molecule has 0 radical (unpaired) electrons. The molecule has 2 aromatic rings. The van der Waals surface area contributed by atoms with E-state index in [0.717, 1.165) is 5.69 Å². The zero-order valence-electron chi connectivity index (χ0n) is 9.94. The Morgan fingerprint density at radius 2 is 1.88 bits per heavy atom. The average molecular weight is 230 g/mol. The van der Waals surface area contributed by atoms with Crippen LogP contribution >= 0.6 is 0 Å². The summed E-state index contributed by atoms with van der Waals surface area (Å²) in [5.41, 5.74) is 3.15. The van der Waals surface area contributed by atoms with E-state index in [9.17, 15) is 4.39 Å². The van der Waals surface area contributed by atoms with E-state index >= 15 is 0 Å². The molecule has 0 aliphatic carbocycles. The first-order chi connectivity index (χ1) is 8.15. The van der Waals surface area contributed by atoms with Crippen LogP contribution in [0.15, 0.2) is 42.6 Å². The third kappa shape index (κ3) is 3.03. The smallest absolute Gasteiger partial charge is 0.214 e. The van der Waals surface area contributed by atoms with Crippen molar-refractivity contribution in [1.29, 1.82) is 0 Å². The zero-order chi connectivity index (χ0) is 12.3. The van der Waals surface area contributed by atoms with Crippen molar-refractivity contribution < 1.29 is 4.39 Å². The van der Waals surface area contributed by atoms with Crippen LogP contribution in [0.1, 0.15) is 24.1 Å². The Balaban J connectivity index is 2.11. The number of aryl methyl sites for hydroxylation is 1. The molecular weight excluding hydrogens is 215 g/mol. The molecule has 0 spiro atoms. The number of benzene rings is 1. The minimum Gasteiger partial charge on any atom is -0.378 e. The van der Waals surface area contributed by atoms with Crippen molar-refractivity contribution in [3.05, 3.63) is 59.7 Å². The Kier molecular flexibility index (Phi) is 3.38. The summed E-state index contributed by atoms with van der Waals surface area (Å²) in [5.74, 6) is -0.467. The first-order valence-electron chi connectivity index (χ1n) is 5.60. The summed E-state index contributed by atoms with van der Waals surface area (Å²) in [5, 5.41) is 3.24.